The number of aromatic nitrogens is 4. The molecule has 2 N–H and O–H groups in total. The standard InChI is InChI=1S/C23H33N5O2Si/c1-23(2,3)31(4,5)30-20-8-6-7-19(20)29-15-22-25-13-17(14-26-22)16-9-10-28-18(11-16)12-21(24)27-28/h9-14,19-20H,6-8,15H2,1-5H3,(H2,24,27)/t19-,20-/m0/s1. The quantitative estimate of drug-likeness (QED) is 0.553. The summed E-state index contributed by atoms with van der Waals surface area (Å²) in [6, 6.07) is 5.85. The summed E-state index contributed by atoms with van der Waals surface area (Å²) in [7, 11) is -1.81. The van der Waals surface area contributed by atoms with Crippen LogP contribution < -0.4 is 5.73 Å². The van der Waals surface area contributed by atoms with Crippen molar-refractivity contribution in [1.29, 1.82) is 0 Å². The molecule has 7 nitrogen and oxygen atoms in total. The normalized spacial score (nSPS) is 19.9. The van der Waals surface area contributed by atoms with Crippen molar-refractivity contribution in [3.63, 3.8) is 0 Å². The summed E-state index contributed by atoms with van der Waals surface area (Å²) in [4.78, 5) is 9.05. The Morgan fingerprint density at radius 2 is 1.81 bits per heavy atom. The third-order valence-electron chi connectivity index (χ3n) is 6.59. The summed E-state index contributed by atoms with van der Waals surface area (Å²) in [6.07, 6.45) is 9.11. The second kappa shape index (κ2) is 8.33. The summed E-state index contributed by atoms with van der Waals surface area (Å²) in [5.74, 6) is 1.19. The number of nitrogens with zero attached hydrogens (tertiary/aromatic N) is 4. The molecule has 0 radical (unpaired) electrons. The minimum absolute atomic E-state index is 0.118. The topological polar surface area (TPSA) is 87.6 Å². The fourth-order valence-corrected chi connectivity index (χ4v) is 5.11. The van der Waals surface area contributed by atoms with E-state index in [4.69, 9.17) is 14.9 Å². The van der Waals surface area contributed by atoms with Crippen LogP contribution >= 0.6 is 0 Å². The van der Waals surface area contributed by atoms with Crippen molar-refractivity contribution in [2.45, 2.75) is 77.0 Å². The number of nitrogens with two attached hydrogens (primary N) is 1. The van der Waals surface area contributed by atoms with E-state index in [1.807, 2.05) is 36.8 Å². The molecule has 1 fully saturated rings. The molecular formula is C23H33N5O2Si. The highest BCUT2D eigenvalue weighted by Gasteiger charge is 2.42. The van der Waals surface area contributed by atoms with Crippen LogP contribution in [0.15, 0.2) is 36.8 Å². The molecule has 1 aliphatic carbocycles. The number of fused-ring (bicyclic) bond motifs is 1. The van der Waals surface area contributed by atoms with E-state index in [1.54, 1.807) is 4.52 Å². The summed E-state index contributed by atoms with van der Waals surface area (Å²) < 4.78 is 14.6. The molecule has 2 atom stereocenters. The van der Waals surface area contributed by atoms with Crippen LogP contribution in [-0.2, 0) is 15.8 Å². The van der Waals surface area contributed by atoms with Crippen LogP contribution in [0.1, 0.15) is 45.9 Å². The molecule has 8 heteroatoms. The lowest BCUT2D eigenvalue weighted by Gasteiger charge is -2.39. The molecule has 0 spiro atoms. The predicted octanol–water partition coefficient (Wildman–Crippen LogP) is 4.83. The van der Waals surface area contributed by atoms with Gasteiger partial charge in [-0.15, -0.1) is 0 Å². The maximum Gasteiger partial charge on any atom is 0.192 e. The van der Waals surface area contributed by atoms with Gasteiger partial charge in [0.25, 0.3) is 0 Å². The highest BCUT2D eigenvalue weighted by molar-refractivity contribution is 6.74. The van der Waals surface area contributed by atoms with Crippen LogP contribution in [-0.4, -0.2) is 40.1 Å². The maximum absolute atomic E-state index is 6.64. The smallest absolute Gasteiger partial charge is 0.192 e. The Bertz CT molecular complexity index is 1040. The SMILES string of the molecule is CC(C)(C)[Si](C)(C)O[C@H]1CCC[C@@H]1OCc1ncc(-c2ccn3nc(N)cc3c2)cn1. The molecule has 1 saturated carbocycles. The number of hydrogen-bond acceptors (Lipinski definition) is 6. The van der Waals surface area contributed by atoms with Crippen molar-refractivity contribution in [1.82, 2.24) is 19.6 Å². The van der Waals surface area contributed by atoms with Gasteiger partial charge in [-0.3, -0.25) is 0 Å². The number of hydrogen-bond donors (Lipinski definition) is 1. The van der Waals surface area contributed by atoms with E-state index in [9.17, 15) is 0 Å². The molecule has 3 aromatic heterocycles. The number of nitrogen functional groups attached to an aromatic ring is 1. The van der Waals surface area contributed by atoms with Crippen molar-refractivity contribution < 1.29 is 9.16 Å². The summed E-state index contributed by atoms with van der Waals surface area (Å²) in [5, 5.41) is 4.40. The van der Waals surface area contributed by atoms with E-state index in [0.29, 0.717) is 18.2 Å². The molecule has 0 aliphatic heterocycles. The van der Waals surface area contributed by atoms with Gasteiger partial charge in [0.05, 0.1) is 17.7 Å². The number of anilines is 1. The Balaban J connectivity index is 1.38. The van der Waals surface area contributed by atoms with E-state index in [0.717, 1.165) is 35.9 Å². The van der Waals surface area contributed by atoms with Gasteiger partial charge in [-0.25, -0.2) is 14.5 Å². The molecule has 0 bridgehead atoms. The lowest BCUT2D eigenvalue weighted by molar-refractivity contribution is -0.0244. The van der Waals surface area contributed by atoms with Crippen molar-refractivity contribution in [3.05, 3.63) is 42.6 Å². The molecule has 166 valence electrons. The van der Waals surface area contributed by atoms with E-state index in [-0.39, 0.29) is 17.2 Å². The van der Waals surface area contributed by atoms with Gasteiger partial charge in [-0.2, -0.15) is 5.10 Å². The molecule has 0 unspecified atom stereocenters. The predicted molar refractivity (Wildman–Crippen MR) is 125 cm³/mol. The molecule has 0 aromatic carbocycles. The van der Waals surface area contributed by atoms with E-state index < -0.39 is 8.32 Å². The van der Waals surface area contributed by atoms with E-state index in [1.165, 1.54) is 0 Å². The van der Waals surface area contributed by atoms with Crippen LogP contribution in [0.4, 0.5) is 5.82 Å². The first kappa shape index (κ1) is 21.9. The molecule has 31 heavy (non-hydrogen) atoms. The van der Waals surface area contributed by atoms with Gasteiger partial charge in [-0.1, -0.05) is 20.8 Å². The minimum Gasteiger partial charge on any atom is -0.411 e. The third-order valence-corrected chi connectivity index (χ3v) is 11.1. The highest BCUT2D eigenvalue weighted by Crippen LogP contribution is 2.40. The fourth-order valence-electron chi connectivity index (χ4n) is 3.73. The zero-order chi connectivity index (χ0) is 22.2. The lowest BCUT2D eigenvalue weighted by Crippen LogP contribution is -2.46. The van der Waals surface area contributed by atoms with E-state index >= 15 is 0 Å². The average Bonchev–Trinajstić information content (AvgIpc) is 3.29. The number of ether oxygens (including phenoxy) is 1. The molecule has 4 rings (SSSR count). The van der Waals surface area contributed by atoms with Gasteiger partial charge in [-0.05, 0) is 55.1 Å². The maximum atomic E-state index is 6.64. The van der Waals surface area contributed by atoms with Gasteiger partial charge in [0.1, 0.15) is 12.4 Å². The first-order valence-electron chi connectivity index (χ1n) is 11.0. The Morgan fingerprint density at radius 3 is 2.52 bits per heavy atom. The second-order valence-electron chi connectivity index (χ2n) is 9.94. The number of pyridine rings is 1. The second-order valence-corrected chi connectivity index (χ2v) is 14.7. The molecule has 0 saturated heterocycles. The van der Waals surface area contributed by atoms with Crippen molar-refractivity contribution >= 4 is 19.7 Å². The highest BCUT2D eigenvalue weighted by atomic mass is 28.4. The third kappa shape index (κ3) is 4.81. The largest absolute Gasteiger partial charge is 0.411 e. The Labute approximate surface area is 185 Å². The first-order chi connectivity index (χ1) is 14.6. The van der Waals surface area contributed by atoms with Gasteiger partial charge in [0.2, 0.25) is 0 Å². The zero-order valence-corrected chi connectivity index (χ0v) is 20.1. The van der Waals surface area contributed by atoms with Crippen LogP contribution in [0.5, 0.6) is 0 Å². The lowest BCUT2D eigenvalue weighted by atomic mass is 10.1. The molecule has 3 heterocycles. The van der Waals surface area contributed by atoms with Crippen LogP contribution in [0.3, 0.4) is 0 Å². The van der Waals surface area contributed by atoms with Crippen molar-refractivity contribution in [3.8, 4) is 11.1 Å². The minimum atomic E-state index is -1.81. The van der Waals surface area contributed by atoms with Crippen LogP contribution in [0, 0.1) is 0 Å². The van der Waals surface area contributed by atoms with E-state index in [2.05, 4.69) is 48.9 Å². The summed E-state index contributed by atoms with van der Waals surface area (Å²) in [5.41, 5.74) is 8.69. The molecule has 0 amide bonds. The fraction of sp³-hybridized carbons (Fsp3) is 0.522. The Morgan fingerprint density at radius 1 is 1.10 bits per heavy atom. The van der Waals surface area contributed by atoms with Crippen LogP contribution in [0.25, 0.3) is 16.6 Å². The van der Waals surface area contributed by atoms with Gasteiger partial charge in [0.15, 0.2) is 14.1 Å². The van der Waals surface area contributed by atoms with Gasteiger partial charge in [0, 0.05) is 30.2 Å². The zero-order valence-electron chi connectivity index (χ0n) is 19.1. The molecule has 3 aromatic rings. The number of rotatable bonds is 6. The summed E-state index contributed by atoms with van der Waals surface area (Å²) in [6.45, 7) is 11.8. The average molecular weight is 440 g/mol. The molecule has 1 aliphatic rings. The van der Waals surface area contributed by atoms with Gasteiger partial charge < -0.3 is 14.9 Å². The molecular weight excluding hydrogens is 406 g/mol. The monoisotopic (exact) mass is 439 g/mol. The van der Waals surface area contributed by atoms with Crippen LogP contribution in [0.2, 0.25) is 18.1 Å². The Kier molecular flexibility index (Phi) is 5.89. The van der Waals surface area contributed by atoms with Gasteiger partial charge >= 0.3 is 0 Å². The first-order valence-corrected chi connectivity index (χ1v) is 13.9. The van der Waals surface area contributed by atoms with Crippen molar-refractivity contribution in [2.24, 2.45) is 0 Å². The summed E-state index contributed by atoms with van der Waals surface area (Å²) >= 11 is 0. The van der Waals surface area contributed by atoms with Crippen molar-refractivity contribution in [2.75, 3.05) is 5.73 Å². The Hall–Kier alpha value is -2.29.